The predicted octanol–water partition coefficient (Wildman–Crippen LogP) is 3.63. The Morgan fingerprint density at radius 1 is 1.38 bits per heavy atom. The van der Waals surface area contributed by atoms with Crippen LogP contribution in [0.25, 0.3) is 0 Å². The van der Waals surface area contributed by atoms with Crippen molar-refractivity contribution in [3.8, 4) is 0 Å². The number of rotatable bonds is 5. The second-order valence-electron chi connectivity index (χ2n) is 6.48. The number of aliphatic imine (C=N–C) groups is 1. The first kappa shape index (κ1) is 18.5. The van der Waals surface area contributed by atoms with Crippen molar-refractivity contribution in [3.05, 3.63) is 28.8 Å². The van der Waals surface area contributed by atoms with Gasteiger partial charge in [0.2, 0.25) is 0 Å². The number of benzene rings is 1. The van der Waals surface area contributed by atoms with Gasteiger partial charge in [-0.2, -0.15) is 0 Å². The molecule has 0 spiro atoms. The Labute approximate surface area is 147 Å². The van der Waals surface area contributed by atoms with E-state index in [-0.39, 0.29) is 24.3 Å². The molecule has 1 aliphatic rings. The van der Waals surface area contributed by atoms with E-state index in [9.17, 15) is 14.7 Å². The highest BCUT2D eigenvalue weighted by Crippen LogP contribution is 2.32. The number of amides is 1. The van der Waals surface area contributed by atoms with Crippen molar-refractivity contribution >= 4 is 34.9 Å². The lowest BCUT2D eigenvalue weighted by Crippen LogP contribution is -2.43. The average Bonchev–Trinajstić information content (AvgIpc) is 2.62. The smallest absolute Gasteiger partial charge is 0.323 e. The molecule has 2 atom stereocenters. The molecular weight excluding hydrogens is 328 g/mol. The van der Waals surface area contributed by atoms with E-state index in [1.165, 1.54) is 4.90 Å². The monoisotopic (exact) mass is 350 g/mol. The van der Waals surface area contributed by atoms with Gasteiger partial charge in [0.1, 0.15) is 12.6 Å². The van der Waals surface area contributed by atoms with Crippen LogP contribution in [-0.4, -0.2) is 35.3 Å². The molecule has 24 heavy (non-hydrogen) atoms. The third kappa shape index (κ3) is 3.61. The van der Waals surface area contributed by atoms with Crippen LogP contribution in [-0.2, 0) is 9.59 Å². The van der Waals surface area contributed by atoms with E-state index in [1.807, 2.05) is 27.7 Å². The van der Waals surface area contributed by atoms with E-state index in [0.29, 0.717) is 10.7 Å². The zero-order chi connectivity index (χ0) is 18.0. The van der Waals surface area contributed by atoms with Crippen molar-refractivity contribution in [2.75, 3.05) is 11.4 Å². The lowest BCUT2D eigenvalue weighted by molar-refractivity contribution is -0.136. The summed E-state index contributed by atoms with van der Waals surface area (Å²) in [5.41, 5.74) is 2.09. The van der Waals surface area contributed by atoms with Gasteiger partial charge in [-0.1, -0.05) is 45.7 Å². The highest BCUT2D eigenvalue weighted by Gasteiger charge is 2.35. The van der Waals surface area contributed by atoms with Gasteiger partial charge in [0, 0.05) is 16.3 Å². The van der Waals surface area contributed by atoms with Crippen molar-refractivity contribution in [3.63, 3.8) is 0 Å². The summed E-state index contributed by atoms with van der Waals surface area (Å²) < 4.78 is 0. The van der Waals surface area contributed by atoms with Crippen molar-refractivity contribution < 1.29 is 14.7 Å². The Bertz CT molecular complexity index is 685. The lowest BCUT2D eigenvalue weighted by atomic mass is 9.96. The van der Waals surface area contributed by atoms with Crippen LogP contribution < -0.4 is 4.90 Å². The highest BCUT2D eigenvalue weighted by atomic mass is 35.5. The Morgan fingerprint density at radius 3 is 2.58 bits per heavy atom. The van der Waals surface area contributed by atoms with Gasteiger partial charge in [0.05, 0.1) is 5.69 Å². The summed E-state index contributed by atoms with van der Waals surface area (Å²) in [7, 11) is 0. The summed E-state index contributed by atoms with van der Waals surface area (Å²) in [6.07, 6.45) is 0.781. The molecule has 0 fully saturated rings. The third-order valence-electron chi connectivity index (χ3n) is 4.35. The second kappa shape index (κ2) is 7.34. The van der Waals surface area contributed by atoms with Gasteiger partial charge in [-0.15, -0.1) is 0 Å². The Hall–Kier alpha value is -1.88. The maximum atomic E-state index is 13.0. The van der Waals surface area contributed by atoms with Gasteiger partial charge in [-0.3, -0.25) is 19.5 Å². The number of aliphatic carboxylic acids is 1. The number of hydrogen-bond acceptors (Lipinski definition) is 3. The van der Waals surface area contributed by atoms with Crippen molar-refractivity contribution in [2.45, 2.75) is 40.2 Å². The summed E-state index contributed by atoms with van der Waals surface area (Å²) >= 11 is 6.14. The standard InChI is InChI=1S/C18H23ClN2O3/c1-5-11(4)17-18(24)21(9-15(22)23)14-7-6-12(19)8-13(14)16(20-17)10(2)3/h6-8,10-11,17H,5,9H2,1-4H3,(H,22,23)/t11-,17?/m0/s1. The molecule has 6 heteroatoms. The number of benzodiazepines with no additional fused rings is 1. The van der Waals surface area contributed by atoms with Crippen LogP contribution in [0, 0.1) is 11.8 Å². The van der Waals surface area contributed by atoms with E-state index in [0.717, 1.165) is 17.7 Å². The van der Waals surface area contributed by atoms with E-state index >= 15 is 0 Å². The predicted molar refractivity (Wildman–Crippen MR) is 96.1 cm³/mol. The molecule has 1 unspecified atom stereocenters. The molecule has 1 aromatic rings. The number of carbonyl (C=O) groups is 2. The fourth-order valence-electron chi connectivity index (χ4n) is 2.85. The molecule has 1 aliphatic heterocycles. The minimum absolute atomic E-state index is 0.0207. The number of halogens is 1. The highest BCUT2D eigenvalue weighted by molar-refractivity contribution is 6.31. The molecule has 0 saturated heterocycles. The van der Waals surface area contributed by atoms with Gasteiger partial charge in [0.15, 0.2) is 0 Å². The van der Waals surface area contributed by atoms with Crippen LogP contribution in [0.1, 0.15) is 39.7 Å². The fourth-order valence-corrected chi connectivity index (χ4v) is 3.03. The quantitative estimate of drug-likeness (QED) is 0.881. The Morgan fingerprint density at radius 2 is 2.04 bits per heavy atom. The molecule has 0 aromatic heterocycles. The number of carboxylic acid groups (broad SMARTS) is 1. The van der Waals surface area contributed by atoms with E-state index in [2.05, 4.69) is 0 Å². The molecule has 0 bridgehead atoms. The van der Waals surface area contributed by atoms with Gasteiger partial charge in [0.25, 0.3) is 5.91 Å². The summed E-state index contributed by atoms with van der Waals surface area (Å²) in [4.78, 5) is 30.4. The first-order valence-corrected chi connectivity index (χ1v) is 8.54. The minimum atomic E-state index is -1.06. The number of nitrogens with zero attached hydrogens (tertiary/aromatic N) is 2. The minimum Gasteiger partial charge on any atom is -0.480 e. The molecular formula is C18H23ClN2O3. The van der Waals surface area contributed by atoms with Crippen LogP contribution in [0.5, 0.6) is 0 Å². The summed E-state index contributed by atoms with van der Waals surface area (Å²) in [5, 5.41) is 9.79. The molecule has 0 radical (unpaired) electrons. The van der Waals surface area contributed by atoms with Gasteiger partial charge < -0.3 is 5.11 Å². The van der Waals surface area contributed by atoms with Crippen LogP contribution in [0.2, 0.25) is 5.02 Å². The number of hydrogen-bond donors (Lipinski definition) is 1. The van der Waals surface area contributed by atoms with Gasteiger partial charge in [-0.05, 0) is 30.0 Å². The normalized spacial score (nSPS) is 18.9. The zero-order valence-corrected chi connectivity index (χ0v) is 15.2. The maximum absolute atomic E-state index is 13.0. The number of carbonyl (C=O) groups excluding carboxylic acids is 1. The number of carboxylic acids is 1. The van der Waals surface area contributed by atoms with Crippen LogP contribution in [0.15, 0.2) is 23.2 Å². The molecule has 0 saturated carbocycles. The lowest BCUT2D eigenvalue weighted by Gasteiger charge is -2.25. The SMILES string of the molecule is CC[C@H](C)C1N=C(C(C)C)c2cc(Cl)ccc2N(CC(=O)O)C1=O. The van der Waals surface area contributed by atoms with Crippen LogP contribution in [0.3, 0.4) is 0 Å². The molecule has 130 valence electrons. The molecule has 5 nitrogen and oxygen atoms in total. The number of fused-ring (bicyclic) bond motifs is 1. The van der Waals surface area contributed by atoms with Gasteiger partial charge in [-0.25, -0.2) is 0 Å². The average molecular weight is 351 g/mol. The van der Waals surface area contributed by atoms with Crippen molar-refractivity contribution in [1.82, 2.24) is 0 Å². The third-order valence-corrected chi connectivity index (χ3v) is 4.58. The summed E-state index contributed by atoms with van der Waals surface area (Å²) in [6.45, 7) is 7.59. The second-order valence-corrected chi connectivity index (χ2v) is 6.92. The Kier molecular flexibility index (Phi) is 5.65. The first-order chi connectivity index (χ1) is 11.3. The van der Waals surface area contributed by atoms with Crippen molar-refractivity contribution in [1.29, 1.82) is 0 Å². The largest absolute Gasteiger partial charge is 0.480 e. The van der Waals surface area contributed by atoms with E-state index < -0.39 is 12.0 Å². The Balaban J connectivity index is 2.69. The van der Waals surface area contributed by atoms with E-state index in [1.54, 1.807) is 18.2 Å². The van der Waals surface area contributed by atoms with Crippen LogP contribution in [0.4, 0.5) is 5.69 Å². The zero-order valence-electron chi connectivity index (χ0n) is 14.4. The molecule has 1 heterocycles. The summed E-state index contributed by atoms with van der Waals surface area (Å²) in [6, 6.07) is 4.55. The van der Waals surface area contributed by atoms with E-state index in [4.69, 9.17) is 16.6 Å². The fraction of sp³-hybridized carbons (Fsp3) is 0.500. The van der Waals surface area contributed by atoms with Gasteiger partial charge >= 0.3 is 5.97 Å². The molecule has 1 amide bonds. The number of anilines is 1. The first-order valence-electron chi connectivity index (χ1n) is 8.17. The molecule has 1 aromatic carbocycles. The van der Waals surface area contributed by atoms with Crippen molar-refractivity contribution in [2.24, 2.45) is 16.8 Å². The molecule has 2 rings (SSSR count). The summed E-state index contributed by atoms with van der Waals surface area (Å²) in [5.74, 6) is -1.22. The maximum Gasteiger partial charge on any atom is 0.323 e. The van der Waals surface area contributed by atoms with Crippen LogP contribution >= 0.6 is 11.6 Å². The molecule has 1 N–H and O–H groups in total. The molecule has 0 aliphatic carbocycles. The topological polar surface area (TPSA) is 70.0 Å².